The van der Waals surface area contributed by atoms with Gasteiger partial charge in [-0.15, -0.1) is 0 Å². The summed E-state index contributed by atoms with van der Waals surface area (Å²) in [6.07, 6.45) is 1.65. The number of hydrogen-bond acceptors (Lipinski definition) is 3. The van der Waals surface area contributed by atoms with Gasteiger partial charge >= 0.3 is 6.72 Å². The molecule has 6 heteroatoms. The molecule has 0 aromatic carbocycles. The van der Waals surface area contributed by atoms with E-state index in [1.807, 2.05) is 13.8 Å². The summed E-state index contributed by atoms with van der Waals surface area (Å²) < 4.78 is 10.1. The lowest BCUT2D eigenvalue weighted by Gasteiger charge is -2.18. The first-order valence-electron chi connectivity index (χ1n) is 3.90. The highest BCUT2D eigenvalue weighted by Crippen LogP contribution is 2.42. The van der Waals surface area contributed by atoms with Gasteiger partial charge in [-0.05, 0) is 12.8 Å². The Morgan fingerprint density at radius 2 is 1.67 bits per heavy atom. The summed E-state index contributed by atoms with van der Waals surface area (Å²) >= 11 is 3.85. The quantitative estimate of drug-likeness (QED) is 0.327. The number of thiol groups is 1. The molecule has 0 atom stereocenters. The molecule has 0 saturated carbocycles. The maximum absolute atomic E-state index is 11.5. The van der Waals surface area contributed by atoms with Crippen LogP contribution in [0.4, 0.5) is 0 Å². The van der Waals surface area contributed by atoms with Gasteiger partial charge in [-0.25, -0.2) is 0 Å². The second kappa shape index (κ2) is 7.30. The van der Waals surface area contributed by atoms with Gasteiger partial charge in [0.05, 0.1) is 13.2 Å². The van der Waals surface area contributed by atoms with Crippen LogP contribution >= 0.6 is 18.4 Å². The molecule has 0 bridgehead atoms. The van der Waals surface area contributed by atoms with E-state index in [4.69, 9.17) is 9.05 Å². The molecule has 0 rings (SSSR count). The molecular formula is C6H15O3PS2. The molecule has 74 valence electrons. The first-order valence-corrected chi connectivity index (χ1v) is 7.92. The fraction of sp³-hybridized carbons (Fsp3) is 1.00. The van der Waals surface area contributed by atoms with E-state index in [0.717, 1.165) is 22.8 Å². The molecule has 0 spiro atoms. The SMILES string of the molecule is CCCOP([O-])(OCCC)=[S+]S. The fourth-order valence-electron chi connectivity index (χ4n) is 0.491. The van der Waals surface area contributed by atoms with E-state index in [9.17, 15) is 4.89 Å². The minimum atomic E-state index is -2.95. The lowest BCUT2D eigenvalue weighted by Crippen LogP contribution is -2.09. The molecule has 0 fully saturated rings. The predicted molar refractivity (Wildman–Crippen MR) is 55.8 cm³/mol. The van der Waals surface area contributed by atoms with Crippen LogP contribution in [0, 0.1) is 0 Å². The number of rotatable bonds is 6. The second-order valence-electron chi connectivity index (χ2n) is 2.20. The van der Waals surface area contributed by atoms with Crippen LogP contribution in [0.25, 0.3) is 0 Å². The van der Waals surface area contributed by atoms with Crippen molar-refractivity contribution in [3.63, 3.8) is 0 Å². The predicted octanol–water partition coefficient (Wildman–Crippen LogP) is 1.80. The van der Waals surface area contributed by atoms with Crippen LogP contribution < -0.4 is 4.89 Å². The van der Waals surface area contributed by atoms with Crippen molar-refractivity contribution in [3.05, 3.63) is 0 Å². The Morgan fingerprint density at radius 1 is 1.25 bits per heavy atom. The zero-order valence-electron chi connectivity index (χ0n) is 7.36. The molecule has 0 N–H and O–H groups in total. The van der Waals surface area contributed by atoms with Crippen molar-refractivity contribution in [2.24, 2.45) is 0 Å². The Kier molecular flexibility index (Phi) is 7.83. The lowest BCUT2D eigenvalue weighted by molar-refractivity contribution is -0.206. The van der Waals surface area contributed by atoms with E-state index in [2.05, 4.69) is 11.7 Å². The van der Waals surface area contributed by atoms with Gasteiger partial charge in [0.1, 0.15) is 0 Å². The van der Waals surface area contributed by atoms with Gasteiger partial charge in [-0.2, -0.15) is 0 Å². The lowest BCUT2D eigenvalue weighted by atomic mass is 10.5. The van der Waals surface area contributed by atoms with Crippen molar-refractivity contribution in [2.45, 2.75) is 26.7 Å². The molecule has 0 aromatic rings. The van der Waals surface area contributed by atoms with Gasteiger partial charge in [0, 0.05) is 0 Å². The summed E-state index contributed by atoms with van der Waals surface area (Å²) in [5.74, 6) is 0. The summed E-state index contributed by atoms with van der Waals surface area (Å²) in [6.45, 7) is 1.86. The van der Waals surface area contributed by atoms with E-state index in [0.29, 0.717) is 13.2 Å². The summed E-state index contributed by atoms with van der Waals surface area (Å²) in [6, 6.07) is 0. The van der Waals surface area contributed by atoms with Crippen LogP contribution in [-0.2, 0) is 19.0 Å². The zero-order valence-corrected chi connectivity index (χ0v) is 9.96. The standard InChI is InChI=1S/C6H15O3PS2/c1-3-5-8-10(7,12-11)9-6-4-2/h3-6H2,1-2H3,(H-,7,11). The largest absolute Gasteiger partial charge is 0.741 e. The molecule has 12 heavy (non-hydrogen) atoms. The molecule has 3 nitrogen and oxygen atoms in total. The average molecular weight is 230 g/mol. The van der Waals surface area contributed by atoms with Gasteiger partial charge in [-0.1, -0.05) is 13.8 Å². The molecule has 0 aliphatic carbocycles. The van der Waals surface area contributed by atoms with Crippen molar-refractivity contribution < 1.29 is 13.9 Å². The molecule has 0 amide bonds. The molecule has 0 heterocycles. The maximum atomic E-state index is 11.5. The maximum Gasteiger partial charge on any atom is 0.336 e. The fourth-order valence-corrected chi connectivity index (χ4v) is 3.05. The Balaban J connectivity index is 3.89. The minimum Gasteiger partial charge on any atom is -0.741 e. The van der Waals surface area contributed by atoms with Crippen molar-refractivity contribution in [1.29, 1.82) is 0 Å². The Morgan fingerprint density at radius 3 is 1.92 bits per heavy atom. The van der Waals surface area contributed by atoms with E-state index in [-0.39, 0.29) is 0 Å². The van der Waals surface area contributed by atoms with Crippen LogP contribution in [0.1, 0.15) is 26.7 Å². The highest BCUT2D eigenvalue weighted by molar-refractivity contribution is 8.67. The summed E-state index contributed by atoms with van der Waals surface area (Å²) in [4.78, 5) is 11.5. The molecule has 0 aliphatic rings. The number of hydrogen-bond donors (Lipinski definition) is 1. The van der Waals surface area contributed by atoms with Gasteiger partial charge in [0.25, 0.3) is 9.97 Å². The van der Waals surface area contributed by atoms with Crippen LogP contribution in [0.3, 0.4) is 0 Å². The van der Waals surface area contributed by atoms with Gasteiger partial charge < -0.3 is 13.9 Å². The zero-order chi connectivity index (χ0) is 9.45. The molecule has 0 aliphatic heterocycles. The van der Waals surface area contributed by atoms with Gasteiger partial charge in [0.15, 0.2) is 11.7 Å². The van der Waals surface area contributed by atoms with Crippen LogP contribution in [0.2, 0.25) is 0 Å². The molecule has 0 unspecified atom stereocenters. The monoisotopic (exact) mass is 230 g/mol. The Labute approximate surface area is 82.5 Å². The average Bonchev–Trinajstić information content (AvgIpc) is 2.11. The van der Waals surface area contributed by atoms with E-state index in [1.54, 1.807) is 0 Å². The molecule has 0 saturated heterocycles. The highest BCUT2D eigenvalue weighted by atomic mass is 33.2. The Hall–Kier alpha value is 0.880. The topological polar surface area (TPSA) is 41.5 Å². The van der Waals surface area contributed by atoms with Gasteiger partial charge in [-0.3, -0.25) is 0 Å². The molecule has 0 radical (unpaired) electrons. The van der Waals surface area contributed by atoms with E-state index < -0.39 is 6.72 Å². The normalized spacial score (nSPS) is 11.7. The van der Waals surface area contributed by atoms with Crippen LogP contribution in [-0.4, -0.2) is 13.2 Å². The van der Waals surface area contributed by atoms with Crippen LogP contribution in [0.15, 0.2) is 0 Å². The smallest absolute Gasteiger partial charge is 0.336 e. The summed E-state index contributed by atoms with van der Waals surface area (Å²) in [5.41, 5.74) is 0. The van der Waals surface area contributed by atoms with Crippen molar-refractivity contribution in [3.8, 4) is 0 Å². The third-order valence-electron chi connectivity index (χ3n) is 1.01. The van der Waals surface area contributed by atoms with Crippen LogP contribution in [0.5, 0.6) is 0 Å². The molecule has 0 aromatic heterocycles. The van der Waals surface area contributed by atoms with Crippen molar-refractivity contribution in [2.75, 3.05) is 13.2 Å². The summed E-state index contributed by atoms with van der Waals surface area (Å²) in [7, 11) is 0.858. The van der Waals surface area contributed by atoms with Crippen molar-refractivity contribution >= 4 is 28.4 Å². The third kappa shape index (κ3) is 5.51. The Bertz CT molecular complexity index is 151. The minimum absolute atomic E-state index is 0.453. The highest BCUT2D eigenvalue weighted by Gasteiger charge is 2.16. The van der Waals surface area contributed by atoms with Crippen molar-refractivity contribution in [1.82, 2.24) is 0 Å². The third-order valence-corrected chi connectivity index (χ3v) is 5.24. The first kappa shape index (κ1) is 12.9. The second-order valence-corrected chi connectivity index (χ2v) is 7.07. The summed E-state index contributed by atoms with van der Waals surface area (Å²) in [5, 5.41) is 0. The van der Waals surface area contributed by atoms with E-state index >= 15 is 0 Å². The molecular weight excluding hydrogens is 215 g/mol. The van der Waals surface area contributed by atoms with E-state index in [1.165, 1.54) is 0 Å². The van der Waals surface area contributed by atoms with Gasteiger partial charge in [0.2, 0.25) is 0 Å². The first-order chi connectivity index (χ1) is 5.68.